The molecule has 1 atom stereocenters. The van der Waals surface area contributed by atoms with Gasteiger partial charge >= 0.3 is 0 Å². The van der Waals surface area contributed by atoms with Crippen LogP contribution in [0, 0.1) is 12.7 Å². The molecule has 0 aliphatic heterocycles. The summed E-state index contributed by atoms with van der Waals surface area (Å²) < 4.78 is 53.2. The second-order valence-corrected chi connectivity index (χ2v) is 6.41. The van der Waals surface area contributed by atoms with Crippen molar-refractivity contribution in [1.82, 2.24) is 0 Å². The fourth-order valence-electron chi connectivity index (χ4n) is 3.33. The van der Waals surface area contributed by atoms with E-state index in [4.69, 9.17) is 9.90 Å². The second kappa shape index (κ2) is 5.69. The normalized spacial score (nSPS) is 17.0. The first-order chi connectivity index (χ1) is 13.5. The van der Waals surface area contributed by atoms with Gasteiger partial charge in [-0.05, 0) is 42.1 Å². The van der Waals surface area contributed by atoms with Gasteiger partial charge in [-0.15, -0.1) is 0 Å². The van der Waals surface area contributed by atoms with Gasteiger partial charge < -0.3 is 4.42 Å². The monoisotopic (exact) mass is 338 g/mol. The fraction of sp³-hybridized carbons (Fsp3) is 0.227. The van der Waals surface area contributed by atoms with E-state index in [1.807, 2.05) is 30.7 Å². The number of halogens is 1. The van der Waals surface area contributed by atoms with Crippen LogP contribution in [-0.2, 0) is 7.05 Å². The number of rotatable bonds is 2. The maximum Gasteiger partial charge on any atom is 0.213 e. The van der Waals surface area contributed by atoms with E-state index >= 15 is 0 Å². The van der Waals surface area contributed by atoms with Gasteiger partial charge in [-0.2, -0.15) is 0 Å². The van der Waals surface area contributed by atoms with Crippen LogP contribution in [0.15, 0.2) is 53.1 Å². The molecule has 3 heteroatoms. The van der Waals surface area contributed by atoms with Crippen molar-refractivity contribution in [2.24, 2.45) is 7.05 Å². The predicted octanol–water partition coefficient (Wildman–Crippen LogP) is 5.65. The molecular formula is C22H21FNO+. The smallest absolute Gasteiger partial charge is 0.213 e. The number of benzene rings is 2. The van der Waals surface area contributed by atoms with Gasteiger partial charge in [0.05, 0.1) is 5.56 Å². The Labute approximate surface area is 152 Å². The van der Waals surface area contributed by atoms with Gasteiger partial charge in [-0.1, -0.05) is 19.8 Å². The molecule has 2 aromatic carbocycles. The van der Waals surface area contributed by atoms with Crippen LogP contribution in [-0.4, -0.2) is 0 Å². The quantitative estimate of drug-likeness (QED) is 0.432. The summed E-state index contributed by atoms with van der Waals surface area (Å²) in [7, 11) is 1.87. The lowest BCUT2D eigenvalue weighted by molar-refractivity contribution is -0.660. The van der Waals surface area contributed by atoms with Crippen LogP contribution < -0.4 is 4.57 Å². The van der Waals surface area contributed by atoms with Gasteiger partial charge in [0.25, 0.3) is 0 Å². The third-order valence-corrected chi connectivity index (χ3v) is 4.65. The van der Waals surface area contributed by atoms with Crippen LogP contribution in [0.5, 0.6) is 0 Å². The second-order valence-electron chi connectivity index (χ2n) is 6.41. The summed E-state index contributed by atoms with van der Waals surface area (Å²) >= 11 is 0. The lowest BCUT2D eigenvalue weighted by atomic mass is 9.95. The molecule has 25 heavy (non-hydrogen) atoms. The molecule has 2 heterocycles. The SMILES string of the molecule is [2H]C([2H])([2H])C([2H])(C)c1cc[n+](C)c(-c2c(C)ccc3oc4cc(F)ccc4c23)c1. The Morgan fingerprint density at radius 2 is 2.00 bits per heavy atom. The van der Waals surface area contributed by atoms with Crippen LogP contribution >= 0.6 is 0 Å². The molecule has 2 aromatic heterocycles. The van der Waals surface area contributed by atoms with Crippen LogP contribution in [0.25, 0.3) is 33.2 Å². The van der Waals surface area contributed by atoms with E-state index in [0.29, 0.717) is 16.7 Å². The molecule has 0 fully saturated rings. The molecule has 0 N–H and O–H groups in total. The van der Waals surface area contributed by atoms with Crippen LogP contribution in [0.2, 0.25) is 0 Å². The van der Waals surface area contributed by atoms with Gasteiger partial charge in [-0.25, -0.2) is 8.96 Å². The standard InChI is InChI=1S/C22H21FNO/c1-13(2)15-9-10-24(4)18(11-15)21-14(3)5-8-19-22(21)17-7-6-16(23)12-20(17)25-19/h5-13H,1-4H3/q+1/i1D3,13D. The molecule has 4 rings (SSSR count). The third-order valence-electron chi connectivity index (χ3n) is 4.65. The van der Waals surface area contributed by atoms with Crippen molar-refractivity contribution >= 4 is 21.9 Å². The molecule has 4 aromatic rings. The van der Waals surface area contributed by atoms with E-state index in [1.165, 1.54) is 19.1 Å². The van der Waals surface area contributed by atoms with Crippen molar-refractivity contribution in [2.75, 3.05) is 0 Å². The predicted molar refractivity (Wildman–Crippen MR) is 99.1 cm³/mol. The van der Waals surface area contributed by atoms with Crippen LogP contribution in [0.4, 0.5) is 4.39 Å². The Bertz CT molecular complexity index is 1260. The molecule has 0 aliphatic carbocycles. The minimum Gasteiger partial charge on any atom is -0.456 e. The molecule has 0 radical (unpaired) electrons. The average molecular weight is 338 g/mol. The zero-order chi connectivity index (χ0) is 21.1. The number of furan rings is 1. The molecular weight excluding hydrogens is 313 g/mol. The van der Waals surface area contributed by atoms with Gasteiger partial charge in [0.15, 0.2) is 6.20 Å². The molecule has 0 saturated carbocycles. The summed E-state index contributed by atoms with van der Waals surface area (Å²) in [5.41, 5.74) is 4.09. The molecule has 0 bridgehead atoms. The zero-order valence-electron chi connectivity index (χ0n) is 18.4. The minimum atomic E-state index is -2.47. The van der Waals surface area contributed by atoms with Crippen molar-refractivity contribution in [1.29, 1.82) is 0 Å². The Balaban J connectivity index is 2.06. The molecule has 1 unspecified atom stereocenters. The molecule has 0 aliphatic rings. The van der Waals surface area contributed by atoms with Gasteiger partial charge in [-0.3, -0.25) is 0 Å². The summed E-state index contributed by atoms with van der Waals surface area (Å²) in [5.74, 6) is -2.12. The van der Waals surface area contributed by atoms with Crippen LogP contribution in [0.3, 0.4) is 0 Å². The number of hydrogen-bond donors (Lipinski definition) is 0. The first-order valence-electron chi connectivity index (χ1n) is 10.1. The minimum absolute atomic E-state index is 0.370. The first kappa shape index (κ1) is 11.8. The van der Waals surface area contributed by atoms with Crippen molar-refractivity contribution in [3.8, 4) is 11.3 Å². The highest BCUT2D eigenvalue weighted by Crippen LogP contribution is 2.38. The van der Waals surface area contributed by atoms with Crippen molar-refractivity contribution in [3.63, 3.8) is 0 Å². The Morgan fingerprint density at radius 3 is 2.80 bits per heavy atom. The molecule has 0 amide bonds. The van der Waals surface area contributed by atoms with Crippen LogP contribution in [0.1, 0.15) is 36.3 Å². The number of hydrogen-bond acceptors (Lipinski definition) is 1. The highest BCUT2D eigenvalue weighted by atomic mass is 19.1. The highest BCUT2D eigenvalue weighted by molar-refractivity contribution is 6.12. The fourth-order valence-corrected chi connectivity index (χ4v) is 3.33. The number of fused-ring (bicyclic) bond motifs is 3. The topological polar surface area (TPSA) is 17.0 Å². The van der Waals surface area contributed by atoms with E-state index < -0.39 is 12.7 Å². The van der Waals surface area contributed by atoms with Crippen molar-refractivity contribution in [3.05, 3.63) is 65.6 Å². The molecule has 126 valence electrons. The Kier molecular flexibility index (Phi) is 2.69. The van der Waals surface area contributed by atoms with E-state index in [-0.39, 0.29) is 5.82 Å². The van der Waals surface area contributed by atoms with E-state index in [2.05, 4.69) is 0 Å². The summed E-state index contributed by atoms with van der Waals surface area (Å²) in [4.78, 5) is 0. The number of aromatic nitrogens is 1. The maximum absolute atomic E-state index is 13.7. The van der Waals surface area contributed by atoms with Crippen molar-refractivity contribution < 1.29 is 18.9 Å². The number of pyridine rings is 1. The highest BCUT2D eigenvalue weighted by Gasteiger charge is 2.21. The number of nitrogens with zero attached hydrogens (tertiary/aromatic N) is 1. The summed E-state index contributed by atoms with van der Waals surface area (Å²) in [6.45, 7) is 0.904. The third kappa shape index (κ3) is 2.51. The first-order valence-corrected chi connectivity index (χ1v) is 8.12. The lowest BCUT2D eigenvalue weighted by Crippen LogP contribution is -2.31. The summed E-state index contributed by atoms with van der Waals surface area (Å²) in [6, 6.07) is 11.7. The van der Waals surface area contributed by atoms with Gasteiger partial charge in [0.2, 0.25) is 5.69 Å². The zero-order valence-corrected chi connectivity index (χ0v) is 14.4. The molecule has 0 spiro atoms. The maximum atomic E-state index is 13.7. The van der Waals surface area contributed by atoms with Gasteiger partial charge in [0.1, 0.15) is 24.0 Å². The molecule has 0 saturated heterocycles. The summed E-state index contributed by atoms with van der Waals surface area (Å²) in [6.07, 6.45) is 1.77. The van der Waals surface area contributed by atoms with E-state index in [1.54, 1.807) is 24.4 Å². The number of aryl methyl sites for hydroxylation is 2. The Morgan fingerprint density at radius 1 is 1.16 bits per heavy atom. The average Bonchev–Trinajstić information content (AvgIpc) is 2.99. The largest absolute Gasteiger partial charge is 0.456 e. The Hall–Kier alpha value is -2.68. The van der Waals surface area contributed by atoms with E-state index in [0.717, 1.165) is 27.6 Å². The summed E-state index contributed by atoms with van der Waals surface area (Å²) in [5, 5.41) is 1.63. The lowest BCUT2D eigenvalue weighted by Gasteiger charge is -2.10. The van der Waals surface area contributed by atoms with E-state index in [9.17, 15) is 4.39 Å². The van der Waals surface area contributed by atoms with Gasteiger partial charge in [0, 0.05) is 34.5 Å². The van der Waals surface area contributed by atoms with Crippen molar-refractivity contribution in [2.45, 2.75) is 26.6 Å². The molecule has 2 nitrogen and oxygen atoms in total.